The van der Waals surface area contributed by atoms with Crippen LogP contribution < -0.4 is 0 Å². The van der Waals surface area contributed by atoms with Crippen LogP contribution in [0.3, 0.4) is 0 Å². The van der Waals surface area contributed by atoms with Crippen LogP contribution in [0.15, 0.2) is 18.5 Å². The minimum absolute atomic E-state index is 0.274. The third kappa shape index (κ3) is 3.83. The number of alkyl halides is 3. The van der Waals surface area contributed by atoms with Gasteiger partial charge in [0.25, 0.3) is 0 Å². The van der Waals surface area contributed by atoms with Crippen LogP contribution >= 0.6 is 0 Å². The van der Waals surface area contributed by atoms with Crippen molar-refractivity contribution >= 4 is 5.78 Å². The molecule has 1 saturated carbocycles. The van der Waals surface area contributed by atoms with Crippen molar-refractivity contribution in [1.29, 1.82) is 0 Å². The zero-order valence-electron chi connectivity index (χ0n) is 12.1. The average Bonchev–Trinajstić information content (AvgIpc) is 2.47. The van der Waals surface area contributed by atoms with Crippen LogP contribution in [0.5, 0.6) is 0 Å². The highest BCUT2D eigenvalue weighted by atomic mass is 19.4. The molecule has 1 aromatic heterocycles. The van der Waals surface area contributed by atoms with E-state index in [1.807, 2.05) is 0 Å². The topological polar surface area (TPSA) is 30.0 Å². The fraction of sp³-hybridized carbons (Fsp3) is 0.625. The van der Waals surface area contributed by atoms with Crippen LogP contribution in [0.2, 0.25) is 0 Å². The molecule has 1 aromatic rings. The Kier molecular flexibility index (Phi) is 5.01. The maximum Gasteiger partial charge on any atom is 0.417 e. The van der Waals surface area contributed by atoms with E-state index < -0.39 is 17.5 Å². The predicted octanol–water partition coefficient (Wildman–Crippen LogP) is 4.89. The number of halogens is 3. The number of hydrogen-bond donors (Lipinski definition) is 0. The Morgan fingerprint density at radius 3 is 2.52 bits per heavy atom. The van der Waals surface area contributed by atoms with Crippen LogP contribution in [-0.2, 0) is 6.18 Å². The van der Waals surface area contributed by atoms with Gasteiger partial charge < -0.3 is 0 Å². The lowest BCUT2D eigenvalue weighted by molar-refractivity contribution is -0.138. The van der Waals surface area contributed by atoms with Gasteiger partial charge in [-0.2, -0.15) is 13.2 Å². The van der Waals surface area contributed by atoms with Crippen LogP contribution in [0, 0.1) is 11.8 Å². The van der Waals surface area contributed by atoms with Crippen LogP contribution in [-0.4, -0.2) is 10.8 Å². The number of pyridine rings is 1. The molecule has 0 saturated heterocycles. The summed E-state index contributed by atoms with van der Waals surface area (Å²) in [6.45, 7) is 2.13. The second kappa shape index (κ2) is 6.58. The molecule has 1 aliphatic carbocycles. The van der Waals surface area contributed by atoms with Crippen LogP contribution in [0.4, 0.5) is 13.2 Å². The molecule has 0 aliphatic heterocycles. The molecule has 0 radical (unpaired) electrons. The number of nitrogens with zero attached hydrogens (tertiary/aromatic N) is 1. The highest BCUT2D eigenvalue weighted by Crippen LogP contribution is 2.36. The van der Waals surface area contributed by atoms with E-state index in [2.05, 4.69) is 11.9 Å². The Morgan fingerprint density at radius 1 is 1.29 bits per heavy atom. The van der Waals surface area contributed by atoms with Crippen LogP contribution in [0.25, 0.3) is 0 Å². The first-order valence-corrected chi connectivity index (χ1v) is 7.49. The lowest BCUT2D eigenvalue weighted by Gasteiger charge is -2.27. The third-order valence-electron chi connectivity index (χ3n) is 4.31. The molecule has 0 aromatic carbocycles. The SMILES string of the molecule is CCCC1CCC(C(=O)c2cnccc2C(F)(F)F)CC1. The highest BCUT2D eigenvalue weighted by molar-refractivity contribution is 5.99. The van der Waals surface area contributed by atoms with E-state index in [1.54, 1.807) is 0 Å². The van der Waals surface area contributed by atoms with Gasteiger partial charge in [0.05, 0.1) is 5.56 Å². The second-order valence-corrected chi connectivity index (χ2v) is 5.79. The predicted molar refractivity (Wildman–Crippen MR) is 73.9 cm³/mol. The molecule has 0 N–H and O–H groups in total. The van der Waals surface area contributed by atoms with Crippen molar-refractivity contribution in [3.05, 3.63) is 29.6 Å². The minimum Gasteiger partial charge on any atom is -0.294 e. The lowest BCUT2D eigenvalue weighted by atomic mass is 9.77. The van der Waals surface area contributed by atoms with Gasteiger partial charge in [0.1, 0.15) is 0 Å². The molecule has 116 valence electrons. The Balaban J connectivity index is 2.12. The molecule has 2 rings (SSSR count). The molecule has 0 spiro atoms. The summed E-state index contributed by atoms with van der Waals surface area (Å²) in [7, 11) is 0. The zero-order chi connectivity index (χ0) is 15.5. The molecule has 0 bridgehead atoms. The average molecular weight is 299 g/mol. The Hall–Kier alpha value is -1.39. The number of carbonyl (C=O) groups excluding carboxylic acids is 1. The van der Waals surface area contributed by atoms with Gasteiger partial charge in [-0.05, 0) is 37.7 Å². The number of aromatic nitrogens is 1. The molecule has 5 heteroatoms. The summed E-state index contributed by atoms with van der Waals surface area (Å²) in [6, 6.07) is 0.885. The third-order valence-corrected chi connectivity index (χ3v) is 4.31. The van der Waals surface area contributed by atoms with E-state index in [0.717, 1.165) is 44.1 Å². The Bertz CT molecular complexity index is 491. The van der Waals surface area contributed by atoms with Crippen molar-refractivity contribution in [3.63, 3.8) is 0 Å². The fourth-order valence-electron chi connectivity index (χ4n) is 3.18. The quantitative estimate of drug-likeness (QED) is 0.741. The van der Waals surface area contributed by atoms with Gasteiger partial charge in [-0.3, -0.25) is 9.78 Å². The number of ketones is 1. The largest absolute Gasteiger partial charge is 0.417 e. The fourth-order valence-corrected chi connectivity index (χ4v) is 3.18. The standard InChI is InChI=1S/C16H20F3NO/c1-2-3-11-4-6-12(7-5-11)15(21)13-10-20-9-8-14(13)16(17,18)19/h8-12H,2-7H2,1H3. The summed E-state index contributed by atoms with van der Waals surface area (Å²) in [5.41, 5.74) is -1.14. The number of rotatable bonds is 4. The second-order valence-electron chi connectivity index (χ2n) is 5.79. The van der Waals surface area contributed by atoms with E-state index in [1.165, 1.54) is 0 Å². The summed E-state index contributed by atoms with van der Waals surface area (Å²) < 4.78 is 38.9. The van der Waals surface area contributed by atoms with Gasteiger partial charge in [0.15, 0.2) is 5.78 Å². The molecule has 2 nitrogen and oxygen atoms in total. The van der Waals surface area contributed by atoms with Crippen molar-refractivity contribution in [2.24, 2.45) is 11.8 Å². The van der Waals surface area contributed by atoms with Crippen molar-refractivity contribution in [2.45, 2.75) is 51.6 Å². The molecule has 21 heavy (non-hydrogen) atoms. The first-order valence-electron chi connectivity index (χ1n) is 7.49. The van der Waals surface area contributed by atoms with E-state index in [4.69, 9.17) is 0 Å². The molecule has 0 atom stereocenters. The smallest absolute Gasteiger partial charge is 0.294 e. The normalized spacial score (nSPS) is 23.0. The zero-order valence-corrected chi connectivity index (χ0v) is 12.1. The van der Waals surface area contributed by atoms with Gasteiger partial charge in [-0.15, -0.1) is 0 Å². The number of hydrogen-bond acceptors (Lipinski definition) is 2. The van der Waals surface area contributed by atoms with E-state index in [0.29, 0.717) is 18.8 Å². The number of Topliss-reactive ketones (excluding diaryl/α,β-unsaturated/α-hetero) is 1. The van der Waals surface area contributed by atoms with Gasteiger partial charge in [-0.25, -0.2) is 0 Å². The van der Waals surface area contributed by atoms with Gasteiger partial charge in [0, 0.05) is 23.9 Å². The van der Waals surface area contributed by atoms with Gasteiger partial charge in [0.2, 0.25) is 0 Å². The Morgan fingerprint density at radius 2 is 1.95 bits per heavy atom. The summed E-state index contributed by atoms with van der Waals surface area (Å²) in [5, 5.41) is 0. The summed E-state index contributed by atoms with van der Waals surface area (Å²) in [6.07, 6.45) is 3.14. The summed E-state index contributed by atoms with van der Waals surface area (Å²) in [4.78, 5) is 16.1. The van der Waals surface area contributed by atoms with Gasteiger partial charge in [-0.1, -0.05) is 19.8 Å². The lowest BCUT2D eigenvalue weighted by Crippen LogP contribution is -2.24. The molecule has 0 amide bonds. The molecular weight excluding hydrogens is 279 g/mol. The van der Waals surface area contributed by atoms with Crippen molar-refractivity contribution in [2.75, 3.05) is 0 Å². The summed E-state index contributed by atoms with van der Waals surface area (Å²) in [5.74, 6) is -0.0659. The maximum absolute atomic E-state index is 13.0. The first kappa shape index (κ1) is 16.0. The molecule has 1 aliphatic rings. The summed E-state index contributed by atoms with van der Waals surface area (Å²) >= 11 is 0. The van der Waals surface area contributed by atoms with Crippen molar-refractivity contribution in [3.8, 4) is 0 Å². The molecule has 1 fully saturated rings. The van der Waals surface area contributed by atoms with Crippen molar-refractivity contribution in [1.82, 2.24) is 4.98 Å². The molecular formula is C16H20F3NO. The van der Waals surface area contributed by atoms with Crippen LogP contribution in [0.1, 0.15) is 61.4 Å². The van der Waals surface area contributed by atoms with Crippen molar-refractivity contribution < 1.29 is 18.0 Å². The molecule has 1 heterocycles. The van der Waals surface area contributed by atoms with Gasteiger partial charge >= 0.3 is 6.18 Å². The highest BCUT2D eigenvalue weighted by Gasteiger charge is 2.37. The van der Waals surface area contributed by atoms with E-state index >= 15 is 0 Å². The van der Waals surface area contributed by atoms with E-state index in [9.17, 15) is 18.0 Å². The number of carbonyl (C=O) groups is 1. The van der Waals surface area contributed by atoms with E-state index in [-0.39, 0.29) is 11.5 Å². The minimum atomic E-state index is -4.51. The Labute approximate surface area is 122 Å². The molecule has 0 unspecified atom stereocenters. The first-order chi connectivity index (χ1) is 9.93. The maximum atomic E-state index is 13.0. The monoisotopic (exact) mass is 299 g/mol.